The molecule has 0 bridgehead atoms. The van der Waals surface area contributed by atoms with Crippen molar-refractivity contribution >= 4 is 22.2 Å². The number of carbonyl (C=O) groups is 1. The Labute approximate surface area is 128 Å². The third-order valence-electron chi connectivity index (χ3n) is 4.06. The third-order valence-corrected chi connectivity index (χ3v) is 4.83. The quantitative estimate of drug-likeness (QED) is 0.913. The summed E-state index contributed by atoms with van der Waals surface area (Å²) in [5, 5.41) is 15.1. The standard InChI is InChI=1S/C15H21N3O2S/c19-13-6-4-2-1-3-5-12(13)17-14(20)9-11-10-18-7-8-21-15(18)16-11/h7-8,10,12-13,19H,1-6,9H2,(H,17,20)/t12-,13-/m0/s1. The maximum Gasteiger partial charge on any atom is 0.226 e. The first-order valence-electron chi connectivity index (χ1n) is 7.61. The van der Waals surface area contributed by atoms with E-state index in [1.165, 1.54) is 12.8 Å². The molecule has 3 rings (SSSR count). The summed E-state index contributed by atoms with van der Waals surface area (Å²) < 4.78 is 1.93. The number of amides is 1. The SMILES string of the molecule is O=C(Cc1cn2ccsc2n1)N[C@H]1CCCCCC[C@@H]1O. The van der Waals surface area contributed by atoms with Gasteiger partial charge in [0.05, 0.1) is 24.3 Å². The van der Waals surface area contributed by atoms with E-state index in [-0.39, 0.29) is 18.4 Å². The lowest BCUT2D eigenvalue weighted by atomic mass is 9.94. The lowest BCUT2D eigenvalue weighted by molar-refractivity contribution is -0.122. The number of hydrogen-bond acceptors (Lipinski definition) is 4. The minimum atomic E-state index is -0.417. The molecule has 21 heavy (non-hydrogen) atoms. The number of nitrogens with zero attached hydrogens (tertiary/aromatic N) is 2. The number of aliphatic hydroxyl groups excluding tert-OH is 1. The highest BCUT2D eigenvalue weighted by Crippen LogP contribution is 2.18. The van der Waals surface area contributed by atoms with Crippen LogP contribution in [0.3, 0.4) is 0 Å². The molecule has 1 fully saturated rings. The van der Waals surface area contributed by atoms with Gasteiger partial charge in [-0.1, -0.05) is 25.7 Å². The van der Waals surface area contributed by atoms with E-state index in [1.54, 1.807) is 11.3 Å². The Bertz CT molecular complexity index is 578. The van der Waals surface area contributed by atoms with Gasteiger partial charge < -0.3 is 10.4 Å². The van der Waals surface area contributed by atoms with Gasteiger partial charge in [0.2, 0.25) is 5.91 Å². The summed E-state index contributed by atoms with van der Waals surface area (Å²) in [6, 6.07) is -0.110. The molecule has 0 aliphatic heterocycles. The molecule has 2 aromatic heterocycles. The van der Waals surface area contributed by atoms with Crippen molar-refractivity contribution < 1.29 is 9.90 Å². The van der Waals surface area contributed by atoms with Crippen LogP contribution in [0.4, 0.5) is 0 Å². The van der Waals surface area contributed by atoms with Gasteiger partial charge in [0.25, 0.3) is 0 Å². The van der Waals surface area contributed by atoms with Crippen LogP contribution in [0.1, 0.15) is 44.2 Å². The van der Waals surface area contributed by atoms with E-state index in [0.29, 0.717) is 0 Å². The number of aliphatic hydroxyl groups is 1. The van der Waals surface area contributed by atoms with Crippen LogP contribution in [0, 0.1) is 0 Å². The molecule has 6 heteroatoms. The fourth-order valence-corrected chi connectivity index (χ4v) is 3.64. The van der Waals surface area contributed by atoms with Crippen LogP contribution in [0.2, 0.25) is 0 Å². The van der Waals surface area contributed by atoms with E-state index < -0.39 is 6.10 Å². The number of hydrogen-bond donors (Lipinski definition) is 2. The van der Waals surface area contributed by atoms with Gasteiger partial charge in [-0.3, -0.25) is 9.20 Å². The van der Waals surface area contributed by atoms with Gasteiger partial charge >= 0.3 is 0 Å². The van der Waals surface area contributed by atoms with E-state index in [1.807, 2.05) is 22.2 Å². The van der Waals surface area contributed by atoms with Crippen LogP contribution < -0.4 is 5.32 Å². The Morgan fingerprint density at radius 1 is 1.38 bits per heavy atom. The minimum Gasteiger partial charge on any atom is -0.391 e. The molecule has 0 radical (unpaired) electrons. The van der Waals surface area contributed by atoms with Crippen molar-refractivity contribution in [3.8, 4) is 0 Å². The molecular weight excluding hydrogens is 286 g/mol. The normalized spacial score (nSPS) is 23.7. The Kier molecular flexibility index (Phi) is 4.55. The van der Waals surface area contributed by atoms with Gasteiger partial charge in [0.1, 0.15) is 0 Å². The van der Waals surface area contributed by atoms with Crippen LogP contribution in [0.15, 0.2) is 17.8 Å². The average molecular weight is 307 g/mol. The Morgan fingerprint density at radius 3 is 3.00 bits per heavy atom. The fraction of sp³-hybridized carbons (Fsp3) is 0.600. The molecule has 1 aliphatic carbocycles. The molecule has 0 saturated heterocycles. The van der Waals surface area contributed by atoms with Crippen molar-refractivity contribution in [3.05, 3.63) is 23.5 Å². The van der Waals surface area contributed by atoms with Crippen molar-refractivity contribution in [3.63, 3.8) is 0 Å². The monoisotopic (exact) mass is 307 g/mol. The number of nitrogens with one attached hydrogen (secondary N) is 1. The highest BCUT2D eigenvalue weighted by Gasteiger charge is 2.22. The molecule has 0 spiro atoms. The predicted molar refractivity (Wildman–Crippen MR) is 82.4 cm³/mol. The number of carbonyl (C=O) groups excluding carboxylic acids is 1. The summed E-state index contributed by atoms with van der Waals surface area (Å²) >= 11 is 1.56. The first kappa shape index (κ1) is 14.5. The Morgan fingerprint density at radius 2 is 2.19 bits per heavy atom. The summed E-state index contributed by atoms with van der Waals surface area (Å²) in [6.07, 6.45) is 9.83. The molecule has 0 aromatic carbocycles. The van der Waals surface area contributed by atoms with Gasteiger partial charge in [-0.25, -0.2) is 4.98 Å². The van der Waals surface area contributed by atoms with Crippen molar-refractivity contribution in [1.82, 2.24) is 14.7 Å². The molecule has 2 heterocycles. The second-order valence-electron chi connectivity index (χ2n) is 5.73. The molecule has 1 amide bonds. The molecular formula is C15H21N3O2S. The lowest BCUT2D eigenvalue weighted by Crippen LogP contribution is -2.44. The van der Waals surface area contributed by atoms with E-state index in [2.05, 4.69) is 10.3 Å². The van der Waals surface area contributed by atoms with Gasteiger partial charge in [0.15, 0.2) is 4.96 Å². The van der Waals surface area contributed by atoms with Crippen LogP contribution in [-0.2, 0) is 11.2 Å². The van der Waals surface area contributed by atoms with Crippen molar-refractivity contribution in [1.29, 1.82) is 0 Å². The van der Waals surface area contributed by atoms with E-state index >= 15 is 0 Å². The summed E-state index contributed by atoms with van der Waals surface area (Å²) in [6.45, 7) is 0. The number of fused-ring (bicyclic) bond motifs is 1. The van der Waals surface area contributed by atoms with E-state index in [4.69, 9.17) is 0 Å². The van der Waals surface area contributed by atoms with Gasteiger partial charge in [-0.15, -0.1) is 11.3 Å². The van der Waals surface area contributed by atoms with Gasteiger partial charge in [-0.05, 0) is 12.8 Å². The second kappa shape index (κ2) is 6.58. The molecule has 1 saturated carbocycles. The summed E-state index contributed by atoms with van der Waals surface area (Å²) in [5.74, 6) is -0.0506. The summed E-state index contributed by atoms with van der Waals surface area (Å²) in [5.41, 5.74) is 0.777. The minimum absolute atomic E-state index is 0.0506. The molecule has 5 nitrogen and oxygen atoms in total. The topological polar surface area (TPSA) is 66.6 Å². The van der Waals surface area contributed by atoms with Crippen LogP contribution in [-0.4, -0.2) is 32.5 Å². The number of thiazole rings is 1. The van der Waals surface area contributed by atoms with Crippen molar-refractivity contribution in [2.75, 3.05) is 0 Å². The van der Waals surface area contributed by atoms with E-state index in [0.717, 1.165) is 36.3 Å². The Balaban J connectivity index is 1.58. The van der Waals surface area contributed by atoms with Crippen LogP contribution >= 0.6 is 11.3 Å². The predicted octanol–water partition coefficient (Wildman–Crippen LogP) is 2.14. The molecule has 2 N–H and O–H groups in total. The average Bonchev–Trinajstić information content (AvgIpc) is 2.99. The fourth-order valence-electron chi connectivity index (χ4n) is 2.92. The number of imidazole rings is 1. The maximum atomic E-state index is 12.2. The lowest BCUT2D eigenvalue weighted by Gasteiger charge is -2.26. The largest absolute Gasteiger partial charge is 0.391 e. The van der Waals surface area contributed by atoms with E-state index in [9.17, 15) is 9.90 Å². The zero-order valence-electron chi connectivity index (χ0n) is 12.0. The second-order valence-corrected chi connectivity index (χ2v) is 6.61. The highest BCUT2D eigenvalue weighted by atomic mass is 32.1. The van der Waals surface area contributed by atoms with Gasteiger partial charge in [-0.2, -0.15) is 0 Å². The maximum absolute atomic E-state index is 12.2. The molecule has 2 aromatic rings. The first-order chi connectivity index (χ1) is 10.2. The smallest absolute Gasteiger partial charge is 0.226 e. The Hall–Kier alpha value is -1.40. The molecule has 1 aliphatic rings. The zero-order chi connectivity index (χ0) is 14.7. The molecule has 114 valence electrons. The summed E-state index contributed by atoms with van der Waals surface area (Å²) in [4.78, 5) is 17.5. The van der Waals surface area contributed by atoms with Crippen LogP contribution in [0.25, 0.3) is 4.96 Å². The zero-order valence-corrected chi connectivity index (χ0v) is 12.8. The highest BCUT2D eigenvalue weighted by molar-refractivity contribution is 7.15. The number of rotatable bonds is 3. The third kappa shape index (κ3) is 3.63. The van der Waals surface area contributed by atoms with Crippen molar-refractivity contribution in [2.45, 2.75) is 57.1 Å². The molecule has 2 atom stereocenters. The first-order valence-corrected chi connectivity index (χ1v) is 8.49. The van der Waals surface area contributed by atoms with Crippen LogP contribution in [0.5, 0.6) is 0 Å². The number of aromatic nitrogens is 2. The summed E-state index contributed by atoms with van der Waals surface area (Å²) in [7, 11) is 0. The van der Waals surface area contributed by atoms with Crippen molar-refractivity contribution in [2.24, 2.45) is 0 Å². The molecule has 0 unspecified atom stereocenters. The van der Waals surface area contributed by atoms with Gasteiger partial charge in [0, 0.05) is 17.8 Å².